The standard InChI is InChI=1S/C11H13Br2NO3S/c1-2-17-7-3-6-14-18(15,16)11-5-4-9(12)8-10(11)13/h2,4-5,8,14H,1,3,6-7H2. The van der Waals surface area contributed by atoms with Crippen molar-refractivity contribution in [1.29, 1.82) is 0 Å². The number of nitrogens with one attached hydrogen (secondary N) is 1. The Morgan fingerprint density at radius 3 is 2.72 bits per heavy atom. The lowest BCUT2D eigenvalue weighted by Gasteiger charge is -2.08. The first-order valence-electron chi connectivity index (χ1n) is 5.14. The van der Waals surface area contributed by atoms with Gasteiger partial charge in [-0.15, -0.1) is 0 Å². The molecule has 1 aromatic rings. The maximum absolute atomic E-state index is 12.0. The van der Waals surface area contributed by atoms with Gasteiger partial charge in [0.05, 0.1) is 17.8 Å². The summed E-state index contributed by atoms with van der Waals surface area (Å²) in [5.74, 6) is 0. The molecular formula is C11H13Br2NO3S. The zero-order chi connectivity index (χ0) is 13.6. The van der Waals surface area contributed by atoms with Crippen molar-refractivity contribution >= 4 is 41.9 Å². The smallest absolute Gasteiger partial charge is 0.241 e. The van der Waals surface area contributed by atoms with E-state index in [0.717, 1.165) is 4.47 Å². The summed E-state index contributed by atoms with van der Waals surface area (Å²) in [6.45, 7) is 4.16. The van der Waals surface area contributed by atoms with Crippen molar-refractivity contribution in [3.8, 4) is 0 Å². The van der Waals surface area contributed by atoms with Gasteiger partial charge in [0.15, 0.2) is 0 Å². The molecule has 0 aromatic heterocycles. The molecule has 0 aliphatic rings. The van der Waals surface area contributed by atoms with Crippen LogP contribution in [0.15, 0.2) is 44.9 Å². The normalized spacial score (nSPS) is 11.2. The summed E-state index contributed by atoms with van der Waals surface area (Å²) >= 11 is 6.50. The van der Waals surface area contributed by atoms with Crippen LogP contribution in [0, 0.1) is 0 Å². The third-order valence-corrected chi connectivity index (χ3v) is 4.96. The zero-order valence-electron chi connectivity index (χ0n) is 9.53. The lowest BCUT2D eigenvalue weighted by atomic mass is 10.4. The molecule has 100 valence electrons. The molecule has 1 N–H and O–H groups in total. The van der Waals surface area contributed by atoms with Crippen molar-refractivity contribution < 1.29 is 13.2 Å². The van der Waals surface area contributed by atoms with E-state index in [9.17, 15) is 8.42 Å². The summed E-state index contributed by atoms with van der Waals surface area (Å²) in [5, 5.41) is 0. The molecule has 0 bridgehead atoms. The number of hydrogen-bond donors (Lipinski definition) is 1. The van der Waals surface area contributed by atoms with Crippen LogP contribution in [-0.2, 0) is 14.8 Å². The quantitative estimate of drug-likeness (QED) is 0.567. The minimum Gasteiger partial charge on any atom is -0.502 e. The van der Waals surface area contributed by atoms with Gasteiger partial charge in [-0.3, -0.25) is 0 Å². The van der Waals surface area contributed by atoms with Gasteiger partial charge in [0, 0.05) is 15.5 Å². The molecule has 0 amide bonds. The Hall–Kier alpha value is -0.370. The van der Waals surface area contributed by atoms with E-state index < -0.39 is 10.0 Å². The van der Waals surface area contributed by atoms with Crippen LogP contribution in [0.4, 0.5) is 0 Å². The number of ether oxygens (including phenoxy) is 1. The minimum absolute atomic E-state index is 0.218. The van der Waals surface area contributed by atoms with Crippen molar-refractivity contribution in [3.05, 3.63) is 40.0 Å². The Balaban J connectivity index is 2.65. The first-order chi connectivity index (χ1) is 8.47. The second-order valence-corrected chi connectivity index (χ2v) is 6.87. The van der Waals surface area contributed by atoms with Crippen molar-refractivity contribution in [1.82, 2.24) is 4.72 Å². The van der Waals surface area contributed by atoms with Crippen LogP contribution in [0.2, 0.25) is 0 Å². The van der Waals surface area contributed by atoms with Gasteiger partial charge in [-0.2, -0.15) is 0 Å². The number of hydrogen-bond acceptors (Lipinski definition) is 3. The van der Waals surface area contributed by atoms with Gasteiger partial charge >= 0.3 is 0 Å². The largest absolute Gasteiger partial charge is 0.502 e. The monoisotopic (exact) mass is 397 g/mol. The van der Waals surface area contributed by atoms with E-state index in [-0.39, 0.29) is 4.90 Å². The van der Waals surface area contributed by atoms with Crippen molar-refractivity contribution in [3.63, 3.8) is 0 Å². The average Bonchev–Trinajstić information content (AvgIpc) is 2.28. The predicted molar refractivity (Wildman–Crippen MR) is 77.8 cm³/mol. The highest BCUT2D eigenvalue weighted by Crippen LogP contribution is 2.25. The first kappa shape index (κ1) is 15.7. The van der Waals surface area contributed by atoms with Crippen LogP contribution in [0.25, 0.3) is 0 Å². The van der Waals surface area contributed by atoms with Gasteiger partial charge in [-0.1, -0.05) is 22.5 Å². The third kappa shape index (κ3) is 4.72. The summed E-state index contributed by atoms with van der Waals surface area (Å²) in [7, 11) is -3.49. The van der Waals surface area contributed by atoms with Crippen molar-refractivity contribution in [2.75, 3.05) is 13.2 Å². The fourth-order valence-electron chi connectivity index (χ4n) is 1.22. The topological polar surface area (TPSA) is 55.4 Å². The van der Waals surface area contributed by atoms with Gasteiger partial charge in [-0.25, -0.2) is 13.1 Å². The van der Waals surface area contributed by atoms with Crippen LogP contribution in [-0.4, -0.2) is 21.6 Å². The summed E-state index contributed by atoms with van der Waals surface area (Å²) in [5.41, 5.74) is 0. The molecule has 1 aromatic carbocycles. The summed E-state index contributed by atoms with van der Waals surface area (Å²) in [6.07, 6.45) is 1.92. The molecule has 1 rings (SSSR count). The maximum atomic E-state index is 12.0. The Morgan fingerprint density at radius 1 is 1.39 bits per heavy atom. The predicted octanol–water partition coefficient (Wildman–Crippen LogP) is 3.04. The molecular weight excluding hydrogens is 386 g/mol. The van der Waals surface area contributed by atoms with Gasteiger partial charge in [0.25, 0.3) is 0 Å². The summed E-state index contributed by atoms with van der Waals surface area (Å²) in [4.78, 5) is 0.218. The summed E-state index contributed by atoms with van der Waals surface area (Å²) in [6, 6.07) is 4.91. The van der Waals surface area contributed by atoms with Crippen molar-refractivity contribution in [2.45, 2.75) is 11.3 Å². The van der Waals surface area contributed by atoms with E-state index in [2.05, 4.69) is 43.2 Å². The lowest BCUT2D eigenvalue weighted by Crippen LogP contribution is -2.25. The van der Waals surface area contributed by atoms with Gasteiger partial charge < -0.3 is 4.74 Å². The van der Waals surface area contributed by atoms with Gasteiger partial charge in [-0.05, 0) is 40.5 Å². The first-order valence-corrected chi connectivity index (χ1v) is 8.21. The van der Waals surface area contributed by atoms with Gasteiger partial charge in [0.1, 0.15) is 0 Å². The zero-order valence-corrected chi connectivity index (χ0v) is 13.5. The molecule has 0 spiro atoms. The lowest BCUT2D eigenvalue weighted by molar-refractivity contribution is 0.247. The average molecular weight is 399 g/mol. The molecule has 0 aliphatic heterocycles. The molecule has 0 saturated carbocycles. The van der Waals surface area contributed by atoms with E-state index >= 15 is 0 Å². The van der Waals surface area contributed by atoms with E-state index in [1.807, 2.05) is 0 Å². The van der Waals surface area contributed by atoms with E-state index in [4.69, 9.17) is 4.74 Å². The molecule has 18 heavy (non-hydrogen) atoms. The Morgan fingerprint density at radius 2 is 2.11 bits per heavy atom. The van der Waals surface area contributed by atoms with Crippen LogP contribution < -0.4 is 4.72 Å². The molecule has 0 saturated heterocycles. The fourth-order valence-corrected chi connectivity index (χ4v) is 4.03. The minimum atomic E-state index is -3.49. The van der Waals surface area contributed by atoms with Gasteiger partial charge in [0.2, 0.25) is 10.0 Å². The SMILES string of the molecule is C=COCCCNS(=O)(=O)c1ccc(Br)cc1Br. The molecule has 0 radical (unpaired) electrons. The number of halogens is 2. The fraction of sp³-hybridized carbons (Fsp3) is 0.273. The number of benzene rings is 1. The maximum Gasteiger partial charge on any atom is 0.241 e. The van der Waals surface area contributed by atoms with Crippen molar-refractivity contribution in [2.24, 2.45) is 0 Å². The van der Waals surface area contributed by atoms with E-state index in [1.54, 1.807) is 12.1 Å². The highest BCUT2D eigenvalue weighted by atomic mass is 79.9. The Bertz CT molecular complexity index is 517. The highest BCUT2D eigenvalue weighted by Gasteiger charge is 2.16. The molecule has 4 nitrogen and oxygen atoms in total. The highest BCUT2D eigenvalue weighted by molar-refractivity contribution is 9.11. The Labute approximate surface area is 124 Å². The Kier molecular flexibility index (Phi) is 6.34. The number of sulfonamides is 1. The van der Waals surface area contributed by atoms with Crippen LogP contribution in [0.1, 0.15) is 6.42 Å². The second-order valence-electron chi connectivity index (χ2n) is 3.36. The van der Waals surface area contributed by atoms with E-state index in [1.165, 1.54) is 12.3 Å². The van der Waals surface area contributed by atoms with Crippen LogP contribution in [0.5, 0.6) is 0 Å². The second kappa shape index (κ2) is 7.28. The molecule has 7 heteroatoms. The molecule has 0 fully saturated rings. The van der Waals surface area contributed by atoms with Crippen LogP contribution >= 0.6 is 31.9 Å². The third-order valence-electron chi connectivity index (χ3n) is 2.03. The number of rotatable bonds is 7. The van der Waals surface area contributed by atoms with Crippen LogP contribution in [0.3, 0.4) is 0 Å². The van der Waals surface area contributed by atoms with E-state index in [0.29, 0.717) is 24.0 Å². The molecule has 0 aliphatic carbocycles. The summed E-state index contributed by atoms with van der Waals surface area (Å²) < 4.78 is 32.7. The molecule has 0 unspecified atom stereocenters. The molecule has 0 heterocycles. The molecule has 0 atom stereocenters.